The fourth-order valence-electron chi connectivity index (χ4n) is 1.15. The number of rotatable bonds is 7. The summed E-state index contributed by atoms with van der Waals surface area (Å²) in [6.07, 6.45) is -2.43. The predicted molar refractivity (Wildman–Crippen MR) is 56.7 cm³/mol. The van der Waals surface area contributed by atoms with Crippen LogP contribution < -0.4 is 10.5 Å². The Kier molecular flexibility index (Phi) is 5.74. The van der Waals surface area contributed by atoms with Crippen LogP contribution in [-0.4, -0.2) is 26.2 Å². The van der Waals surface area contributed by atoms with Gasteiger partial charge in [-0.3, -0.25) is 0 Å². The quantitative estimate of drug-likeness (QED) is 0.728. The summed E-state index contributed by atoms with van der Waals surface area (Å²) < 4.78 is 33.4. The molecule has 0 saturated carbocycles. The van der Waals surface area contributed by atoms with Crippen molar-refractivity contribution in [2.75, 3.05) is 19.8 Å². The second-order valence-corrected chi connectivity index (χ2v) is 3.17. The minimum absolute atomic E-state index is 0.150. The van der Waals surface area contributed by atoms with Gasteiger partial charge in [-0.1, -0.05) is 12.1 Å². The Morgan fingerprint density at radius 1 is 1.25 bits per heavy atom. The lowest BCUT2D eigenvalue weighted by molar-refractivity contribution is 0.00763. The van der Waals surface area contributed by atoms with Crippen LogP contribution in [0.5, 0.6) is 5.75 Å². The molecule has 1 rings (SSSR count). The Morgan fingerprint density at radius 3 is 2.75 bits per heavy atom. The van der Waals surface area contributed by atoms with E-state index in [1.54, 1.807) is 6.07 Å². The highest BCUT2D eigenvalue weighted by atomic mass is 19.3. The van der Waals surface area contributed by atoms with E-state index in [1.165, 1.54) is 0 Å². The van der Waals surface area contributed by atoms with Gasteiger partial charge < -0.3 is 15.2 Å². The maximum absolute atomic E-state index is 11.7. The molecule has 1 aromatic rings. The Balaban J connectivity index is 2.21. The number of hydrogen-bond donors (Lipinski definition) is 1. The highest BCUT2D eigenvalue weighted by Crippen LogP contribution is 2.12. The first-order valence-electron chi connectivity index (χ1n) is 5.00. The van der Waals surface area contributed by atoms with Crippen molar-refractivity contribution in [3.8, 4) is 5.75 Å². The standard InChI is InChI=1S/C11H15F2NO2/c12-11(13)8-15-4-5-16-10-3-1-2-9(6-10)7-14/h1-3,6,11H,4-5,7-8,14H2. The molecule has 16 heavy (non-hydrogen) atoms. The van der Waals surface area contributed by atoms with Gasteiger partial charge in [0, 0.05) is 6.54 Å². The van der Waals surface area contributed by atoms with E-state index in [9.17, 15) is 8.78 Å². The van der Waals surface area contributed by atoms with Gasteiger partial charge in [-0.05, 0) is 17.7 Å². The summed E-state index contributed by atoms with van der Waals surface area (Å²) in [5.74, 6) is 0.670. The first kappa shape index (κ1) is 12.9. The molecule has 3 nitrogen and oxygen atoms in total. The number of benzene rings is 1. The highest BCUT2D eigenvalue weighted by molar-refractivity contribution is 5.28. The summed E-state index contributed by atoms with van der Waals surface area (Å²) in [5.41, 5.74) is 6.43. The van der Waals surface area contributed by atoms with Gasteiger partial charge in [0.2, 0.25) is 0 Å². The molecule has 1 aromatic carbocycles. The molecule has 0 aliphatic heterocycles. The Morgan fingerprint density at radius 2 is 2.06 bits per heavy atom. The fraction of sp³-hybridized carbons (Fsp3) is 0.455. The number of ether oxygens (including phenoxy) is 2. The molecule has 5 heteroatoms. The van der Waals surface area contributed by atoms with Crippen molar-refractivity contribution < 1.29 is 18.3 Å². The van der Waals surface area contributed by atoms with Gasteiger partial charge in [-0.25, -0.2) is 8.78 Å². The lowest BCUT2D eigenvalue weighted by atomic mass is 10.2. The van der Waals surface area contributed by atoms with Gasteiger partial charge in [0.1, 0.15) is 19.0 Å². The summed E-state index contributed by atoms with van der Waals surface area (Å²) in [5, 5.41) is 0. The first-order valence-corrected chi connectivity index (χ1v) is 5.00. The van der Waals surface area contributed by atoms with Crippen LogP contribution >= 0.6 is 0 Å². The first-order chi connectivity index (χ1) is 7.72. The molecule has 2 N–H and O–H groups in total. The van der Waals surface area contributed by atoms with Gasteiger partial charge in [-0.2, -0.15) is 0 Å². The third-order valence-corrected chi connectivity index (χ3v) is 1.87. The van der Waals surface area contributed by atoms with E-state index in [2.05, 4.69) is 4.74 Å². The number of hydrogen-bond acceptors (Lipinski definition) is 3. The molecule has 0 aromatic heterocycles. The van der Waals surface area contributed by atoms with E-state index in [0.29, 0.717) is 12.3 Å². The minimum atomic E-state index is -2.43. The average Bonchev–Trinajstić information content (AvgIpc) is 2.28. The van der Waals surface area contributed by atoms with Crippen molar-refractivity contribution in [1.82, 2.24) is 0 Å². The molecular formula is C11H15F2NO2. The van der Waals surface area contributed by atoms with Crippen molar-refractivity contribution in [3.63, 3.8) is 0 Å². The molecule has 90 valence electrons. The van der Waals surface area contributed by atoms with Crippen LogP contribution in [0.1, 0.15) is 5.56 Å². The third-order valence-electron chi connectivity index (χ3n) is 1.87. The summed E-state index contributed by atoms with van der Waals surface area (Å²) in [7, 11) is 0. The monoisotopic (exact) mass is 231 g/mol. The van der Waals surface area contributed by atoms with Gasteiger partial charge in [0.15, 0.2) is 0 Å². The smallest absolute Gasteiger partial charge is 0.261 e. The van der Waals surface area contributed by atoms with E-state index >= 15 is 0 Å². The zero-order valence-corrected chi connectivity index (χ0v) is 8.86. The summed E-state index contributed by atoms with van der Waals surface area (Å²) in [6, 6.07) is 7.32. The van der Waals surface area contributed by atoms with Gasteiger partial charge in [0.05, 0.1) is 6.61 Å². The molecule has 0 atom stereocenters. The average molecular weight is 231 g/mol. The van der Waals surface area contributed by atoms with Gasteiger partial charge in [0.25, 0.3) is 6.43 Å². The second-order valence-electron chi connectivity index (χ2n) is 3.17. The molecule has 0 amide bonds. The van der Waals surface area contributed by atoms with Crippen molar-refractivity contribution in [2.24, 2.45) is 5.73 Å². The SMILES string of the molecule is NCc1cccc(OCCOCC(F)F)c1. The maximum Gasteiger partial charge on any atom is 0.261 e. The van der Waals surface area contributed by atoms with Crippen LogP contribution in [0.4, 0.5) is 8.78 Å². The molecule has 0 saturated heterocycles. The summed E-state index contributed by atoms with van der Waals surface area (Å²) in [4.78, 5) is 0. The molecule has 0 radical (unpaired) electrons. The zero-order chi connectivity index (χ0) is 11.8. The van der Waals surface area contributed by atoms with Crippen LogP contribution in [0.25, 0.3) is 0 Å². The van der Waals surface area contributed by atoms with E-state index in [4.69, 9.17) is 10.5 Å². The summed E-state index contributed by atoms with van der Waals surface area (Å²) in [6.45, 7) is 0.295. The molecule has 0 bridgehead atoms. The maximum atomic E-state index is 11.7. The topological polar surface area (TPSA) is 44.5 Å². The zero-order valence-electron chi connectivity index (χ0n) is 8.86. The molecule has 0 spiro atoms. The van der Waals surface area contributed by atoms with Crippen LogP contribution in [0.3, 0.4) is 0 Å². The normalized spacial score (nSPS) is 10.8. The van der Waals surface area contributed by atoms with Crippen molar-refractivity contribution in [2.45, 2.75) is 13.0 Å². The molecule has 0 unspecified atom stereocenters. The third kappa shape index (κ3) is 5.04. The second kappa shape index (κ2) is 7.14. The Hall–Kier alpha value is -1.20. The van der Waals surface area contributed by atoms with Gasteiger partial charge in [-0.15, -0.1) is 0 Å². The predicted octanol–water partition coefficient (Wildman–Crippen LogP) is 1.81. The fourth-order valence-corrected chi connectivity index (χ4v) is 1.15. The summed E-state index contributed by atoms with van der Waals surface area (Å²) >= 11 is 0. The highest BCUT2D eigenvalue weighted by Gasteiger charge is 2.01. The van der Waals surface area contributed by atoms with Crippen LogP contribution in [0.2, 0.25) is 0 Å². The minimum Gasteiger partial charge on any atom is -0.491 e. The van der Waals surface area contributed by atoms with Crippen molar-refractivity contribution in [3.05, 3.63) is 29.8 Å². The van der Waals surface area contributed by atoms with Gasteiger partial charge >= 0.3 is 0 Å². The molecule has 0 aliphatic carbocycles. The molecule has 0 heterocycles. The van der Waals surface area contributed by atoms with E-state index in [-0.39, 0.29) is 13.2 Å². The molecule has 0 fully saturated rings. The number of nitrogens with two attached hydrogens (primary N) is 1. The molecule has 0 aliphatic rings. The van der Waals surface area contributed by atoms with Crippen LogP contribution in [-0.2, 0) is 11.3 Å². The number of halogens is 2. The Bertz CT molecular complexity index is 308. The lowest BCUT2D eigenvalue weighted by Crippen LogP contribution is -2.11. The Labute approximate surface area is 93.2 Å². The largest absolute Gasteiger partial charge is 0.491 e. The van der Waals surface area contributed by atoms with E-state index < -0.39 is 13.0 Å². The van der Waals surface area contributed by atoms with Crippen LogP contribution in [0, 0.1) is 0 Å². The number of alkyl halides is 2. The van der Waals surface area contributed by atoms with Crippen molar-refractivity contribution in [1.29, 1.82) is 0 Å². The van der Waals surface area contributed by atoms with Crippen LogP contribution in [0.15, 0.2) is 24.3 Å². The van der Waals surface area contributed by atoms with Crippen molar-refractivity contribution >= 4 is 0 Å². The van der Waals surface area contributed by atoms with E-state index in [0.717, 1.165) is 5.56 Å². The molecular weight excluding hydrogens is 216 g/mol. The van der Waals surface area contributed by atoms with E-state index in [1.807, 2.05) is 18.2 Å². The lowest BCUT2D eigenvalue weighted by Gasteiger charge is -2.07.